The molecule has 2 aromatic carbocycles. The molecule has 0 fully saturated rings. The van der Waals surface area contributed by atoms with Crippen LogP contribution in [0.3, 0.4) is 0 Å². The Bertz CT molecular complexity index is 591. The van der Waals surface area contributed by atoms with Crippen LogP contribution in [0.4, 0.5) is 8.78 Å². The number of benzene rings is 2. The molecule has 3 heteroatoms. The average Bonchev–Trinajstić information content (AvgIpc) is 2.43. The molecule has 0 radical (unpaired) electrons. The van der Waals surface area contributed by atoms with E-state index >= 15 is 0 Å². The standard InChI is InChI=1S/C18H20F2O/c1-12(2)21-16-7-4-14(5-8-16)10-13(3)15-6-9-17(19)18(20)11-15/h4-9,11-13H,10H2,1-3H3. The lowest BCUT2D eigenvalue weighted by Gasteiger charge is -2.14. The van der Waals surface area contributed by atoms with E-state index in [4.69, 9.17) is 4.74 Å². The fourth-order valence-corrected chi connectivity index (χ4v) is 2.27. The second-order valence-electron chi connectivity index (χ2n) is 5.59. The summed E-state index contributed by atoms with van der Waals surface area (Å²) in [5, 5.41) is 0. The van der Waals surface area contributed by atoms with Crippen molar-refractivity contribution in [1.29, 1.82) is 0 Å². The van der Waals surface area contributed by atoms with E-state index in [1.165, 1.54) is 12.1 Å². The maximum Gasteiger partial charge on any atom is 0.159 e. The van der Waals surface area contributed by atoms with E-state index in [9.17, 15) is 8.78 Å². The third-order valence-electron chi connectivity index (χ3n) is 3.35. The summed E-state index contributed by atoms with van der Waals surface area (Å²) in [6.07, 6.45) is 0.921. The smallest absolute Gasteiger partial charge is 0.159 e. The van der Waals surface area contributed by atoms with Gasteiger partial charge in [-0.1, -0.05) is 25.1 Å². The van der Waals surface area contributed by atoms with Crippen molar-refractivity contribution >= 4 is 0 Å². The zero-order valence-electron chi connectivity index (χ0n) is 12.6. The van der Waals surface area contributed by atoms with Gasteiger partial charge in [-0.05, 0) is 61.6 Å². The van der Waals surface area contributed by atoms with Crippen molar-refractivity contribution in [2.24, 2.45) is 0 Å². The van der Waals surface area contributed by atoms with E-state index in [-0.39, 0.29) is 12.0 Å². The Morgan fingerprint density at radius 1 is 0.905 bits per heavy atom. The summed E-state index contributed by atoms with van der Waals surface area (Å²) in [6, 6.07) is 12.0. The summed E-state index contributed by atoms with van der Waals surface area (Å²) >= 11 is 0. The largest absolute Gasteiger partial charge is 0.491 e. The first-order valence-electron chi connectivity index (χ1n) is 7.16. The van der Waals surface area contributed by atoms with Gasteiger partial charge in [-0.3, -0.25) is 0 Å². The molecule has 0 amide bonds. The van der Waals surface area contributed by atoms with Gasteiger partial charge in [-0.15, -0.1) is 0 Å². The van der Waals surface area contributed by atoms with Crippen molar-refractivity contribution in [3.8, 4) is 5.75 Å². The lowest BCUT2D eigenvalue weighted by atomic mass is 9.93. The molecule has 0 heterocycles. The Kier molecular flexibility index (Phi) is 4.94. The van der Waals surface area contributed by atoms with Crippen LogP contribution in [-0.4, -0.2) is 6.10 Å². The van der Waals surface area contributed by atoms with E-state index in [1.807, 2.05) is 45.0 Å². The maximum absolute atomic E-state index is 13.3. The minimum absolute atomic E-state index is 0.122. The molecule has 0 saturated carbocycles. The van der Waals surface area contributed by atoms with Crippen molar-refractivity contribution in [1.82, 2.24) is 0 Å². The Morgan fingerprint density at radius 2 is 1.57 bits per heavy atom. The van der Waals surface area contributed by atoms with Crippen molar-refractivity contribution in [2.45, 2.75) is 39.2 Å². The maximum atomic E-state index is 13.3. The van der Waals surface area contributed by atoms with Crippen LogP contribution >= 0.6 is 0 Å². The minimum Gasteiger partial charge on any atom is -0.491 e. The zero-order chi connectivity index (χ0) is 15.4. The molecule has 0 aromatic heterocycles. The average molecular weight is 290 g/mol. The molecule has 1 unspecified atom stereocenters. The van der Waals surface area contributed by atoms with Crippen LogP contribution in [0.5, 0.6) is 5.75 Å². The molecule has 112 valence electrons. The summed E-state index contributed by atoms with van der Waals surface area (Å²) in [6.45, 7) is 5.98. The van der Waals surface area contributed by atoms with Gasteiger partial charge in [0, 0.05) is 0 Å². The second-order valence-corrected chi connectivity index (χ2v) is 5.59. The summed E-state index contributed by atoms with van der Waals surface area (Å²) in [4.78, 5) is 0. The van der Waals surface area contributed by atoms with Crippen LogP contribution in [0.2, 0.25) is 0 Å². The molecule has 2 rings (SSSR count). The molecule has 0 N–H and O–H groups in total. The first-order chi connectivity index (χ1) is 9.95. The molecule has 0 aliphatic rings. The van der Waals surface area contributed by atoms with Gasteiger partial charge in [0.15, 0.2) is 11.6 Å². The van der Waals surface area contributed by atoms with Crippen LogP contribution in [0.25, 0.3) is 0 Å². The SMILES string of the molecule is CC(C)Oc1ccc(CC(C)c2ccc(F)c(F)c2)cc1. The first-order valence-corrected chi connectivity index (χ1v) is 7.16. The molecule has 21 heavy (non-hydrogen) atoms. The predicted octanol–water partition coefficient (Wildman–Crippen LogP) is 5.10. The van der Waals surface area contributed by atoms with E-state index in [1.54, 1.807) is 6.07 Å². The summed E-state index contributed by atoms with van der Waals surface area (Å²) in [7, 11) is 0. The second kappa shape index (κ2) is 6.70. The fraction of sp³-hybridized carbons (Fsp3) is 0.333. The molecule has 1 nitrogen and oxygen atoms in total. The van der Waals surface area contributed by atoms with Gasteiger partial charge >= 0.3 is 0 Å². The van der Waals surface area contributed by atoms with E-state index in [0.717, 1.165) is 23.3 Å². The van der Waals surface area contributed by atoms with Crippen LogP contribution in [0.15, 0.2) is 42.5 Å². The highest BCUT2D eigenvalue weighted by Gasteiger charge is 2.10. The number of ether oxygens (including phenoxy) is 1. The van der Waals surface area contributed by atoms with E-state index in [2.05, 4.69) is 0 Å². The summed E-state index contributed by atoms with van der Waals surface area (Å²) < 4.78 is 31.8. The predicted molar refractivity (Wildman–Crippen MR) is 80.7 cm³/mol. The Labute approximate surface area is 124 Å². The number of hydrogen-bond acceptors (Lipinski definition) is 1. The van der Waals surface area contributed by atoms with Crippen LogP contribution in [0, 0.1) is 11.6 Å². The molecule has 1 atom stereocenters. The molecule has 0 aliphatic heterocycles. The molecule has 0 saturated heterocycles. The number of hydrogen-bond donors (Lipinski definition) is 0. The monoisotopic (exact) mass is 290 g/mol. The van der Waals surface area contributed by atoms with Gasteiger partial charge < -0.3 is 4.74 Å². The Hall–Kier alpha value is -1.90. The van der Waals surface area contributed by atoms with E-state index < -0.39 is 11.6 Å². The molecular weight excluding hydrogens is 270 g/mol. The normalized spacial score (nSPS) is 12.5. The van der Waals surface area contributed by atoms with Gasteiger partial charge in [-0.2, -0.15) is 0 Å². The Morgan fingerprint density at radius 3 is 2.14 bits per heavy atom. The highest BCUT2D eigenvalue weighted by molar-refractivity contribution is 5.30. The quantitative estimate of drug-likeness (QED) is 0.744. The minimum atomic E-state index is -0.805. The number of rotatable bonds is 5. The highest BCUT2D eigenvalue weighted by atomic mass is 19.2. The molecule has 0 spiro atoms. The lowest BCUT2D eigenvalue weighted by Crippen LogP contribution is -2.05. The van der Waals surface area contributed by atoms with Gasteiger partial charge in [0.1, 0.15) is 5.75 Å². The summed E-state index contributed by atoms with van der Waals surface area (Å²) in [5.74, 6) is -0.632. The van der Waals surface area contributed by atoms with Crippen molar-refractivity contribution < 1.29 is 13.5 Å². The molecule has 0 bridgehead atoms. The first kappa shape index (κ1) is 15.5. The third kappa shape index (κ3) is 4.28. The molecule has 0 aliphatic carbocycles. The van der Waals surface area contributed by atoms with Crippen molar-refractivity contribution in [3.63, 3.8) is 0 Å². The zero-order valence-corrected chi connectivity index (χ0v) is 12.6. The summed E-state index contributed by atoms with van der Waals surface area (Å²) in [5.41, 5.74) is 1.94. The van der Waals surface area contributed by atoms with Gasteiger partial charge in [0.2, 0.25) is 0 Å². The van der Waals surface area contributed by atoms with E-state index in [0.29, 0.717) is 0 Å². The lowest BCUT2D eigenvalue weighted by molar-refractivity contribution is 0.242. The van der Waals surface area contributed by atoms with Crippen LogP contribution in [0.1, 0.15) is 37.8 Å². The van der Waals surface area contributed by atoms with Gasteiger partial charge in [-0.25, -0.2) is 8.78 Å². The van der Waals surface area contributed by atoms with Crippen LogP contribution in [-0.2, 0) is 6.42 Å². The van der Waals surface area contributed by atoms with Crippen molar-refractivity contribution in [3.05, 3.63) is 65.2 Å². The molecular formula is C18H20F2O. The van der Waals surface area contributed by atoms with Gasteiger partial charge in [0.05, 0.1) is 6.10 Å². The van der Waals surface area contributed by atoms with Crippen molar-refractivity contribution in [2.75, 3.05) is 0 Å². The third-order valence-corrected chi connectivity index (χ3v) is 3.35. The van der Waals surface area contributed by atoms with Crippen LogP contribution < -0.4 is 4.74 Å². The topological polar surface area (TPSA) is 9.23 Å². The number of halogens is 2. The Balaban J connectivity index is 2.04. The highest BCUT2D eigenvalue weighted by Crippen LogP contribution is 2.23. The fourth-order valence-electron chi connectivity index (χ4n) is 2.27. The molecule has 2 aromatic rings. The van der Waals surface area contributed by atoms with Gasteiger partial charge in [0.25, 0.3) is 0 Å².